The summed E-state index contributed by atoms with van der Waals surface area (Å²) in [6.07, 6.45) is 1.45. The fourth-order valence-corrected chi connectivity index (χ4v) is 2.02. The maximum absolute atomic E-state index is 12.2. The number of aromatic nitrogens is 1. The molecule has 0 aliphatic carbocycles. The van der Waals surface area contributed by atoms with Crippen LogP contribution in [0.5, 0.6) is 0 Å². The normalized spacial score (nSPS) is 10.8. The van der Waals surface area contributed by atoms with Gasteiger partial charge in [0.15, 0.2) is 5.76 Å². The monoisotopic (exact) mass is 271 g/mol. The van der Waals surface area contributed by atoms with Crippen LogP contribution >= 0.6 is 11.6 Å². The van der Waals surface area contributed by atoms with Crippen molar-refractivity contribution in [2.45, 2.75) is 6.92 Å². The summed E-state index contributed by atoms with van der Waals surface area (Å²) in [5.41, 5.74) is 2.14. The van der Waals surface area contributed by atoms with Gasteiger partial charge in [0, 0.05) is 11.6 Å². The third-order valence-corrected chi connectivity index (χ3v) is 3.08. The van der Waals surface area contributed by atoms with Gasteiger partial charge in [0.05, 0.1) is 5.02 Å². The van der Waals surface area contributed by atoms with Crippen molar-refractivity contribution in [2.75, 3.05) is 0 Å². The van der Waals surface area contributed by atoms with Crippen LogP contribution in [0, 0.1) is 6.92 Å². The molecule has 0 saturated heterocycles. The number of furan rings is 1. The summed E-state index contributed by atoms with van der Waals surface area (Å²) >= 11 is 5.75. The van der Waals surface area contributed by atoms with Gasteiger partial charge in [-0.25, -0.2) is 0 Å². The molecule has 0 amide bonds. The first kappa shape index (κ1) is 11.9. The van der Waals surface area contributed by atoms with Gasteiger partial charge in [-0.3, -0.25) is 9.78 Å². The number of carbonyl (C=O) groups excluding carboxylic acids is 1. The summed E-state index contributed by atoms with van der Waals surface area (Å²) in [5, 5.41) is 1.41. The van der Waals surface area contributed by atoms with Crippen LogP contribution in [0.15, 0.2) is 47.0 Å². The molecule has 0 atom stereocenters. The lowest BCUT2D eigenvalue weighted by atomic mass is 10.1. The number of hydrogen-bond acceptors (Lipinski definition) is 3. The van der Waals surface area contributed by atoms with E-state index >= 15 is 0 Å². The molecule has 0 bridgehead atoms. The number of ketones is 1. The van der Waals surface area contributed by atoms with E-state index in [-0.39, 0.29) is 11.5 Å². The van der Waals surface area contributed by atoms with Gasteiger partial charge in [-0.05, 0) is 37.3 Å². The average molecular weight is 272 g/mol. The topological polar surface area (TPSA) is 43.1 Å². The Morgan fingerprint density at radius 1 is 1.21 bits per heavy atom. The van der Waals surface area contributed by atoms with Crippen molar-refractivity contribution in [3.8, 4) is 0 Å². The zero-order valence-electron chi connectivity index (χ0n) is 10.2. The molecule has 2 heterocycles. The van der Waals surface area contributed by atoms with Crippen molar-refractivity contribution in [3.05, 3.63) is 64.6 Å². The Kier molecular flexibility index (Phi) is 2.84. The van der Waals surface area contributed by atoms with E-state index in [2.05, 4.69) is 4.98 Å². The fraction of sp³-hybridized carbons (Fsp3) is 0.0667. The van der Waals surface area contributed by atoms with E-state index in [1.807, 2.05) is 25.1 Å². The minimum absolute atomic E-state index is 0.245. The van der Waals surface area contributed by atoms with E-state index in [0.29, 0.717) is 16.3 Å². The minimum atomic E-state index is -0.245. The number of nitrogens with zero attached hydrogens (tertiary/aromatic N) is 1. The Labute approximate surface area is 114 Å². The molecule has 3 nitrogen and oxygen atoms in total. The van der Waals surface area contributed by atoms with Crippen molar-refractivity contribution < 1.29 is 9.21 Å². The number of pyridine rings is 1. The molecule has 1 aromatic carbocycles. The van der Waals surface area contributed by atoms with Crippen molar-refractivity contribution in [1.82, 2.24) is 4.98 Å². The molecule has 0 unspecified atom stereocenters. The zero-order valence-corrected chi connectivity index (χ0v) is 10.9. The SMILES string of the molecule is Cc1ccc2oc(C(=O)c3ccc(Cl)cn3)cc2c1. The highest BCUT2D eigenvalue weighted by Gasteiger charge is 2.15. The van der Waals surface area contributed by atoms with Crippen LogP contribution in [0.2, 0.25) is 5.02 Å². The van der Waals surface area contributed by atoms with E-state index in [0.717, 1.165) is 10.9 Å². The van der Waals surface area contributed by atoms with Crippen LogP contribution in [0.1, 0.15) is 21.8 Å². The second-order valence-electron chi connectivity index (χ2n) is 4.34. The van der Waals surface area contributed by atoms with Gasteiger partial charge in [-0.2, -0.15) is 0 Å². The van der Waals surface area contributed by atoms with Crippen LogP contribution in [0.4, 0.5) is 0 Å². The van der Waals surface area contributed by atoms with Gasteiger partial charge in [-0.1, -0.05) is 23.2 Å². The molecule has 0 N–H and O–H groups in total. The maximum Gasteiger partial charge on any atom is 0.246 e. The lowest BCUT2D eigenvalue weighted by Crippen LogP contribution is -2.01. The highest BCUT2D eigenvalue weighted by Crippen LogP contribution is 2.22. The largest absolute Gasteiger partial charge is 0.453 e. The summed E-state index contributed by atoms with van der Waals surface area (Å²) in [6, 6.07) is 10.7. The van der Waals surface area contributed by atoms with Crippen molar-refractivity contribution in [3.63, 3.8) is 0 Å². The molecule has 0 aliphatic rings. The molecular weight excluding hydrogens is 262 g/mol. The quantitative estimate of drug-likeness (QED) is 0.661. The molecule has 19 heavy (non-hydrogen) atoms. The number of hydrogen-bond donors (Lipinski definition) is 0. The van der Waals surface area contributed by atoms with Crippen LogP contribution in [0.3, 0.4) is 0 Å². The number of aryl methyl sites for hydroxylation is 1. The van der Waals surface area contributed by atoms with Crippen LogP contribution in [-0.4, -0.2) is 10.8 Å². The highest BCUT2D eigenvalue weighted by molar-refractivity contribution is 6.30. The fourth-order valence-electron chi connectivity index (χ4n) is 1.91. The summed E-state index contributed by atoms with van der Waals surface area (Å²) in [5.74, 6) is 0.0425. The van der Waals surface area contributed by atoms with Gasteiger partial charge in [-0.15, -0.1) is 0 Å². The first-order valence-corrected chi connectivity index (χ1v) is 6.18. The Hall–Kier alpha value is -2.13. The maximum atomic E-state index is 12.2. The molecule has 3 aromatic rings. The Bertz CT molecular complexity index is 759. The molecule has 0 spiro atoms. The Balaban J connectivity index is 2.04. The van der Waals surface area contributed by atoms with Crippen LogP contribution in [0.25, 0.3) is 11.0 Å². The molecular formula is C15H10ClNO2. The molecule has 3 rings (SSSR count). The van der Waals surface area contributed by atoms with Crippen LogP contribution < -0.4 is 0 Å². The standard InChI is InChI=1S/C15H10ClNO2/c1-9-2-5-13-10(6-9)7-14(19-13)15(18)12-4-3-11(16)8-17-12/h2-8H,1H3. The number of rotatable bonds is 2. The van der Waals surface area contributed by atoms with E-state index in [1.54, 1.807) is 18.2 Å². The number of fused-ring (bicyclic) bond motifs is 1. The van der Waals surface area contributed by atoms with Crippen molar-refractivity contribution in [1.29, 1.82) is 0 Å². The summed E-state index contributed by atoms with van der Waals surface area (Å²) in [7, 11) is 0. The van der Waals surface area contributed by atoms with Crippen molar-refractivity contribution >= 4 is 28.4 Å². The first-order valence-electron chi connectivity index (χ1n) is 5.80. The van der Waals surface area contributed by atoms with Gasteiger partial charge in [0.2, 0.25) is 5.78 Å². The van der Waals surface area contributed by atoms with E-state index in [9.17, 15) is 4.79 Å². The van der Waals surface area contributed by atoms with Gasteiger partial charge in [0.1, 0.15) is 11.3 Å². The van der Waals surface area contributed by atoms with Crippen molar-refractivity contribution in [2.24, 2.45) is 0 Å². The molecule has 0 aliphatic heterocycles. The van der Waals surface area contributed by atoms with Gasteiger partial charge >= 0.3 is 0 Å². The van der Waals surface area contributed by atoms with E-state index in [1.165, 1.54) is 6.20 Å². The smallest absolute Gasteiger partial charge is 0.246 e. The highest BCUT2D eigenvalue weighted by atomic mass is 35.5. The summed E-state index contributed by atoms with van der Waals surface area (Å²) in [4.78, 5) is 16.2. The number of benzene rings is 1. The summed E-state index contributed by atoms with van der Waals surface area (Å²) < 4.78 is 5.55. The number of halogens is 1. The molecule has 0 fully saturated rings. The summed E-state index contributed by atoms with van der Waals surface area (Å²) in [6.45, 7) is 1.99. The molecule has 2 aromatic heterocycles. The second kappa shape index (κ2) is 4.52. The molecule has 0 radical (unpaired) electrons. The second-order valence-corrected chi connectivity index (χ2v) is 4.78. The Morgan fingerprint density at radius 3 is 2.79 bits per heavy atom. The molecule has 94 valence electrons. The Morgan fingerprint density at radius 2 is 2.05 bits per heavy atom. The van der Waals surface area contributed by atoms with Gasteiger partial charge < -0.3 is 4.42 Å². The lowest BCUT2D eigenvalue weighted by molar-refractivity contribution is 0.101. The predicted octanol–water partition coefficient (Wildman–Crippen LogP) is 4.02. The van der Waals surface area contributed by atoms with Crippen LogP contribution in [-0.2, 0) is 0 Å². The molecule has 4 heteroatoms. The van der Waals surface area contributed by atoms with E-state index < -0.39 is 0 Å². The first-order chi connectivity index (χ1) is 9.13. The third kappa shape index (κ3) is 2.25. The minimum Gasteiger partial charge on any atom is -0.453 e. The predicted molar refractivity (Wildman–Crippen MR) is 73.6 cm³/mol. The van der Waals surface area contributed by atoms with E-state index in [4.69, 9.17) is 16.0 Å². The number of carbonyl (C=O) groups is 1. The third-order valence-electron chi connectivity index (χ3n) is 2.86. The zero-order chi connectivity index (χ0) is 13.4. The lowest BCUT2D eigenvalue weighted by Gasteiger charge is -1.96. The van der Waals surface area contributed by atoms with Gasteiger partial charge in [0.25, 0.3) is 0 Å². The average Bonchev–Trinajstić information content (AvgIpc) is 2.81. The molecule has 0 saturated carbocycles.